The maximum atomic E-state index is 13.3. The second-order valence-electron chi connectivity index (χ2n) is 15.1. The van der Waals surface area contributed by atoms with Gasteiger partial charge in [0.1, 0.15) is 45.4 Å². The molecule has 2 aromatic carbocycles. The number of aliphatic carboxylic acids is 1. The molecular formula is C44H47Cl2F2IN8O7. The molecule has 0 unspecified atom stereocenters. The third-order valence-corrected chi connectivity index (χ3v) is 10.8. The highest BCUT2D eigenvalue weighted by Crippen LogP contribution is 2.20. The van der Waals surface area contributed by atoms with E-state index in [1.54, 1.807) is 41.3 Å². The number of benzene rings is 2. The first-order chi connectivity index (χ1) is 30.2. The average Bonchev–Trinajstić information content (AvgIpc) is 3.90. The number of aliphatic hydroxyl groups excluding tert-OH is 2. The van der Waals surface area contributed by atoms with Gasteiger partial charge in [-0.2, -0.15) is 0 Å². The molecule has 6 heterocycles. The summed E-state index contributed by atoms with van der Waals surface area (Å²) < 4.78 is 26.2. The van der Waals surface area contributed by atoms with Gasteiger partial charge in [0, 0.05) is 36.7 Å². The van der Waals surface area contributed by atoms with E-state index in [1.807, 2.05) is 0 Å². The molecule has 8 N–H and O–H groups in total. The van der Waals surface area contributed by atoms with Crippen LogP contribution in [0.2, 0.25) is 10.3 Å². The van der Waals surface area contributed by atoms with Crippen molar-refractivity contribution in [2.75, 3.05) is 26.2 Å². The van der Waals surface area contributed by atoms with E-state index >= 15 is 0 Å². The molecule has 4 aromatic heterocycles. The number of fused-ring (bicyclic) bond motifs is 2. The van der Waals surface area contributed by atoms with Gasteiger partial charge in [-0.15, -0.1) is 24.0 Å². The summed E-state index contributed by atoms with van der Waals surface area (Å²) in [6.45, 7) is 2.82. The molecule has 0 bridgehead atoms. The molecule has 2 atom stereocenters. The van der Waals surface area contributed by atoms with Crippen molar-refractivity contribution in [3.63, 3.8) is 0 Å². The smallest absolute Gasteiger partial charge is 0.326 e. The number of aromatic amines is 2. The van der Waals surface area contributed by atoms with Crippen LogP contribution in [0.15, 0.2) is 85.2 Å². The first kappa shape index (κ1) is 49.8. The van der Waals surface area contributed by atoms with Crippen molar-refractivity contribution < 1.29 is 43.3 Å². The topological polar surface area (TPSA) is 226 Å². The normalized spacial score (nSPS) is 15.1. The number of H-pyrrole nitrogens is 2. The van der Waals surface area contributed by atoms with Crippen molar-refractivity contribution >= 4 is 92.7 Å². The van der Waals surface area contributed by atoms with Crippen molar-refractivity contribution in [3.8, 4) is 0 Å². The lowest BCUT2D eigenvalue weighted by atomic mass is 10.0. The summed E-state index contributed by atoms with van der Waals surface area (Å²) in [6.07, 6.45) is 5.70. The Bertz CT molecular complexity index is 2520. The van der Waals surface area contributed by atoms with Gasteiger partial charge in [-0.3, -0.25) is 14.4 Å². The van der Waals surface area contributed by atoms with Crippen LogP contribution in [-0.2, 0) is 22.4 Å². The number of rotatable bonds is 10. The maximum absolute atomic E-state index is 13.3. The zero-order valence-electron chi connectivity index (χ0n) is 34.2. The number of amides is 3. The minimum Gasteiger partial charge on any atom is -0.480 e. The van der Waals surface area contributed by atoms with E-state index < -0.39 is 41.8 Å². The molecule has 340 valence electrons. The number of carbonyl (C=O) groups excluding carboxylic acids is 3. The molecule has 0 aliphatic carbocycles. The van der Waals surface area contributed by atoms with Crippen molar-refractivity contribution in [3.05, 3.63) is 130 Å². The predicted octanol–water partition coefficient (Wildman–Crippen LogP) is 5.81. The number of hydrogen-bond acceptors (Lipinski definition) is 9. The van der Waals surface area contributed by atoms with Gasteiger partial charge in [-0.25, -0.2) is 23.5 Å². The lowest BCUT2D eigenvalue weighted by Gasteiger charge is -2.32. The zero-order valence-corrected chi connectivity index (χ0v) is 38.0. The van der Waals surface area contributed by atoms with Crippen LogP contribution in [0.25, 0.3) is 21.8 Å². The summed E-state index contributed by atoms with van der Waals surface area (Å²) >= 11 is 11.7. The third-order valence-electron chi connectivity index (χ3n) is 10.4. The van der Waals surface area contributed by atoms with Crippen LogP contribution in [0.5, 0.6) is 0 Å². The van der Waals surface area contributed by atoms with Gasteiger partial charge < -0.3 is 46.1 Å². The zero-order chi connectivity index (χ0) is 45.0. The highest BCUT2D eigenvalue weighted by atomic mass is 127. The second-order valence-corrected chi connectivity index (χ2v) is 15.9. The third kappa shape index (κ3) is 14.4. The van der Waals surface area contributed by atoms with Gasteiger partial charge in [0.15, 0.2) is 0 Å². The fourth-order valence-corrected chi connectivity index (χ4v) is 7.28. The summed E-state index contributed by atoms with van der Waals surface area (Å²) in [4.78, 5) is 65.3. The molecule has 2 fully saturated rings. The molecule has 2 saturated heterocycles. The summed E-state index contributed by atoms with van der Waals surface area (Å²) in [7, 11) is 0. The number of carbonyl (C=O) groups is 4. The molecule has 8 rings (SSSR count). The van der Waals surface area contributed by atoms with E-state index in [0.29, 0.717) is 53.1 Å². The molecule has 2 aliphatic heterocycles. The summed E-state index contributed by atoms with van der Waals surface area (Å²) in [6, 6.07) is 15.8. The predicted molar refractivity (Wildman–Crippen MR) is 248 cm³/mol. The Kier molecular flexibility index (Phi) is 18.4. The Balaban J connectivity index is 0.000000209. The fourth-order valence-electron chi connectivity index (χ4n) is 6.95. The Hall–Kier alpha value is -5.25. The highest BCUT2D eigenvalue weighted by Gasteiger charge is 2.30. The number of carboxylic acids is 1. The second kappa shape index (κ2) is 23.6. The first-order valence-corrected chi connectivity index (χ1v) is 20.9. The molecule has 0 radical (unpaired) electrons. The monoisotopic (exact) mass is 1030 g/mol. The number of hydrogen-bond donors (Lipinski definition) is 8. The number of nitrogens with one attached hydrogen (secondary N) is 5. The van der Waals surface area contributed by atoms with E-state index in [4.69, 9.17) is 28.3 Å². The molecule has 6 aromatic rings. The quantitative estimate of drug-likeness (QED) is 0.0607. The van der Waals surface area contributed by atoms with Crippen molar-refractivity contribution in [2.24, 2.45) is 0 Å². The Morgan fingerprint density at radius 1 is 0.688 bits per heavy atom. The van der Waals surface area contributed by atoms with E-state index in [0.717, 1.165) is 36.9 Å². The SMILES string of the molecule is I.O=C(N[C@@H](Cc1ccc(F)cc1)C(=O)N1CCC(O)CC1)c1cc2cc(Cl)ncc2[nH]1.O=C(N[C@@H](Cc1ccc(F)cc1)C(=O)O)c1cc2cc(Cl)ncc2[nH]1.OC1CCNCC1. The van der Waals surface area contributed by atoms with Crippen LogP contribution in [0.1, 0.15) is 57.8 Å². The standard InChI is InChI=1S/C22H22ClFN4O3.C17H13ClFN3O3.C5H11NO.HI/c23-20-11-14-10-17(26-19(14)12-25-20)21(30)27-18(9-13-1-3-15(24)4-2-13)22(31)28-7-5-16(29)6-8-28;18-15-7-10-6-12(21-14(10)8-20-15)16(23)22-13(17(24)25)5-9-1-3-11(19)4-2-9;7-5-1-3-6-4-2-5;/h1-4,10-12,16,18,26,29H,5-9H2,(H,27,30);1-4,6-8,13,21H,5H2,(H,22,23)(H,24,25);5-7H,1-4H2;1H/t18-;13-;;/m00../s1. The molecule has 3 amide bonds. The van der Waals surface area contributed by atoms with E-state index in [1.165, 1.54) is 48.8 Å². The van der Waals surface area contributed by atoms with Crippen LogP contribution >= 0.6 is 47.2 Å². The minimum atomic E-state index is -1.18. The first-order valence-electron chi connectivity index (χ1n) is 20.2. The number of aromatic nitrogens is 4. The number of pyridine rings is 2. The van der Waals surface area contributed by atoms with Gasteiger partial charge >= 0.3 is 5.97 Å². The van der Waals surface area contributed by atoms with Crippen LogP contribution in [0.4, 0.5) is 8.78 Å². The number of piperidine rings is 2. The highest BCUT2D eigenvalue weighted by molar-refractivity contribution is 14.0. The molecule has 15 nitrogen and oxygen atoms in total. The van der Waals surface area contributed by atoms with Gasteiger partial charge in [0.25, 0.3) is 11.8 Å². The Morgan fingerprint density at radius 2 is 1.11 bits per heavy atom. The van der Waals surface area contributed by atoms with Crippen molar-refractivity contribution in [2.45, 2.75) is 62.8 Å². The van der Waals surface area contributed by atoms with Gasteiger partial charge in [-0.1, -0.05) is 47.5 Å². The lowest BCUT2D eigenvalue weighted by Crippen LogP contribution is -2.52. The molecule has 0 saturated carbocycles. The van der Waals surface area contributed by atoms with Crippen LogP contribution in [0, 0.1) is 11.6 Å². The van der Waals surface area contributed by atoms with Crippen molar-refractivity contribution in [1.29, 1.82) is 0 Å². The number of likely N-dealkylation sites (tertiary alicyclic amines) is 1. The van der Waals surface area contributed by atoms with Gasteiger partial charge in [0.05, 0.1) is 35.6 Å². The fraction of sp³-hybridized carbons (Fsp3) is 0.318. The number of nitrogens with zero attached hydrogens (tertiary/aromatic N) is 3. The summed E-state index contributed by atoms with van der Waals surface area (Å²) in [5.41, 5.74) is 3.07. The molecule has 64 heavy (non-hydrogen) atoms. The number of carboxylic acid groups (broad SMARTS) is 1. The van der Waals surface area contributed by atoms with E-state index in [-0.39, 0.29) is 71.2 Å². The summed E-state index contributed by atoms with van der Waals surface area (Å²) in [5, 5.41) is 38.4. The van der Waals surface area contributed by atoms with Crippen LogP contribution < -0.4 is 16.0 Å². The van der Waals surface area contributed by atoms with E-state index in [2.05, 4.69) is 35.9 Å². The van der Waals surface area contributed by atoms with Gasteiger partial charge in [-0.05, 0) is 98.4 Å². The minimum absolute atomic E-state index is 0. The largest absolute Gasteiger partial charge is 0.480 e. The maximum Gasteiger partial charge on any atom is 0.326 e. The molecular weight excluding hydrogens is 988 g/mol. The number of halogens is 5. The Morgan fingerprint density at radius 3 is 1.53 bits per heavy atom. The van der Waals surface area contributed by atoms with Crippen molar-refractivity contribution in [1.82, 2.24) is 40.8 Å². The average molecular weight is 1040 g/mol. The number of aliphatic hydroxyl groups is 2. The lowest BCUT2D eigenvalue weighted by molar-refractivity contribution is -0.139. The molecule has 20 heteroatoms. The Labute approximate surface area is 393 Å². The van der Waals surface area contributed by atoms with Crippen LogP contribution in [-0.4, -0.2) is 114 Å². The molecule has 2 aliphatic rings. The van der Waals surface area contributed by atoms with Crippen LogP contribution in [0.3, 0.4) is 0 Å². The molecule has 0 spiro atoms. The summed E-state index contributed by atoms with van der Waals surface area (Å²) in [5.74, 6) is -3.20. The van der Waals surface area contributed by atoms with Gasteiger partial charge in [0.2, 0.25) is 5.91 Å². The van der Waals surface area contributed by atoms with E-state index in [9.17, 15) is 38.2 Å².